The summed E-state index contributed by atoms with van der Waals surface area (Å²) in [6.45, 7) is 9.66. The Labute approximate surface area is 113 Å². The molecule has 0 spiro atoms. The maximum atomic E-state index is 11.3. The number of carboxylic acid groups (broad SMARTS) is 1. The van der Waals surface area contributed by atoms with Crippen LogP contribution >= 0.6 is 0 Å². The second-order valence-electron chi connectivity index (χ2n) is 5.86. The van der Waals surface area contributed by atoms with Crippen LogP contribution in [0.5, 0.6) is 0 Å². The van der Waals surface area contributed by atoms with E-state index in [-0.39, 0.29) is 5.41 Å². The van der Waals surface area contributed by atoms with E-state index < -0.39 is 5.97 Å². The monoisotopic (exact) mass is 263 g/mol. The van der Waals surface area contributed by atoms with Crippen LogP contribution in [0.1, 0.15) is 36.8 Å². The first kappa shape index (κ1) is 13.8. The van der Waals surface area contributed by atoms with Gasteiger partial charge >= 0.3 is 5.97 Å². The second-order valence-corrected chi connectivity index (χ2v) is 5.86. The van der Waals surface area contributed by atoms with Crippen molar-refractivity contribution < 1.29 is 9.90 Å². The highest BCUT2D eigenvalue weighted by atomic mass is 16.4. The predicted molar refractivity (Wildman–Crippen MR) is 75.0 cm³/mol. The Kier molecular flexibility index (Phi) is 3.75. The minimum absolute atomic E-state index is 0.280. The van der Waals surface area contributed by atoms with Crippen LogP contribution in [0.15, 0.2) is 12.1 Å². The van der Waals surface area contributed by atoms with Crippen molar-refractivity contribution in [3.8, 4) is 0 Å². The zero-order chi connectivity index (χ0) is 14.0. The van der Waals surface area contributed by atoms with Gasteiger partial charge in [-0.2, -0.15) is 0 Å². The number of anilines is 1. The number of carboxylic acids is 1. The molecule has 2 rings (SSSR count). The molecule has 0 radical (unpaired) electrons. The van der Waals surface area contributed by atoms with Gasteiger partial charge in [-0.3, -0.25) is 0 Å². The van der Waals surface area contributed by atoms with E-state index in [1.165, 1.54) is 0 Å². The predicted octanol–water partition coefficient (Wildman–Crippen LogP) is 1.49. The Morgan fingerprint density at radius 3 is 2.47 bits per heavy atom. The molecule has 0 aliphatic carbocycles. The lowest BCUT2D eigenvalue weighted by Gasteiger charge is -2.30. The van der Waals surface area contributed by atoms with Crippen molar-refractivity contribution in [1.29, 1.82) is 0 Å². The van der Waals surface area contributed by atoms with Crippen LogP contribution in [0.3, 0.4) is 0 Å². The molecule has 2 heterocycles. The second kappa shape index (κ2) is 5.17. The minimum Gasteiger partial charge on any atom is -0.478 e. The van der Waals surface area contributed by atoms with E-state index in [2.05, 4.69) is 15.2 Å². The summed E-state index contributed by atoms with van der Waals surface area (Å²) in [5, 5.41) is 12.6. The molecule has 19 heavy (non-hydrogen) atoms. The fourth-order valence-electron chi connectivity index (χ4n) is 2.26. The summed E-state index contributed by atoms with van der Waals surface area (Å²) in [5.41, 5.74) is 0.667. The van der Waals surface area contributed by atoms with Gasteiger partial charge in [0.1, 0.15) is 5.82 Å². The molecular formula is C14H21N3O2. The minimum atomic E-state index is -0.913. The highest BCUT2D eigenvalue weighted by Crippen LogP contribution is 2.26. The third kappa shape index (κ3) is 3.04. The number of aromatic nitrogens is 1. The molecule has 1 fully saturated rings. The normalized spacial score (nSPS) is 16.5. The SMILES string of the molecule is CC(C)(C)c1nc(N2CCNCC2)ccc1C(=O)O. The molecule has 2 N–H and O–H groups in total. The third-order valence-corrected chi connectivity index (χ3v) is 3.26. The average molecular weight is 263 g/mol. The largest absolute Gasteiger partial charge is 0.478 e. The van der Waals surface area contributed by atoms with Gasteiger partial charge in [-0.15, -0.1) is 0 Å². The van der Waals surface area contributed by atoms with Crippen molar-refractivity contribution in [3.05, 3.63) is 23.4 Å². The van der Waals surface area contributed by atoms with E-state index in [9.17, 15) is 9.90 Å². The first-order valence-corrected chi connectivity index (χ1v) is 6.60. The van der Waals surface area contributed by atoms with E-state index in [1.807, 2.05) is 26.8 Å². The molecule has 0 aromatic carbocycles. The first-order valence-electron chi connectivity index (χ1n) is 6.60. The fraction of sp³-hybridized carbons (Fsp3) is 0.571. The van der Waals surface area contributed by atoms with Crippen molar-refractivity contribution in [1.82, 2.24) is 10.3 Å². The van der Waals surface area contributed by atoms with Gasteiger partial charge in [-0.25, -0.2) is 9.78 Å². The molecule has 0 saturated carbocycles. The molecule has 0 atom stereocenters. The standard InChI is InChI=1S/C14H21N3O2/c1-14(2,3)12-10(13(18)19)4-5-11(16-12)17-8-6-15-7-9-17/h4-5,15H,6-9H2,1-3H3,(H,18,19). The molecule has 104 valence electrons. The first-order chi connectivity index (χ1) is 8.89. The van der Waals surface area contributed by atoms with Crippen LogP contribution in [0.4, 0.5) is 5.82 Å². The lowest BCUT2D eigenvalue weighted by atomic mass is 9.88. The number of carbonyl (C=O) groups is 1. The lowest BCUT2D eigenvalue weighted by Crippen LogP contribution is -2.44. The van der Waals surface area contributed by atoms with Gasteiger partial charge in [0.05, 0.1) is 11.3 Å². The maximum Gasteiger partial charge on any atom is 0.337 e. The quantitative estimate of drug-likeness (QED) is 0.846. The molecular weight excluding hydrogens is 242 g/mol. The van der Waals surface area contributed by atoms with Gasteiger partial charge in [-0.05, 0) is 12.1 Å². The molecule has 0 bridgehead atoms. The zero-order valence-electron chi connectivity index (χ0n) is 11.7. The summed E-state index contributed by atoms with van der Waals surface area (Å²) in [6, 6.07) is 3.48. The fourth-order valence-corrected chi connectivity index (χ4v) is 2.26. The molecule has 5 nitrogen and oxygen atoms in total. The molecule has 1 aliphatic rings. The van der Waals surface area contributed by atoms with Crippen molar-refractivity contribution in [3.63, 3.8) is 0 Å². The van der Waals surface area contributed by atoms with Crippen LogP contribution in [-0.4, -0.2) is 42.2 Å². The molecule has 1 aliphatic heterocycles. The summed E-state index contributed by atoms with van der Waals surface area (Å²) in [7, 11) is 0. The Bertz CT molecular complexity index is 474. The number of piperazine rings is 1. The van der Waals surface area contributed by atoms with E-state index in [0.717, 1.165) is 32.0 Å². The molecule has 1 aromatic rings. The van der Waals surface area contributed by atoms with Crippen LogP contribution in [0.25, 0.3) is 0 Å². The smallest absolute Gasteiger partial charge is 0.337 e. The van der Waals surface area contributed by atoms with Gasteiger partial charge in [0.2, 0.25) is 0 Å². The molecule has 5 heteroatoms. The summed E-state index contributed by atoms with van der Waals surface area (Å²) in [6.07, 6.45) is 0. The number of hydrogen-bond donors (Lipinski definition) is 2. The molecule has 1 saturated heterocycles. The summed E-state index contributed by atoms with van der Waals surface area (Å²) >= 11 is 0. The van der Waals surface area contributed by atoms with Crippen molar-refractivity contribution >= 4 is 11.8 Å². The number of nitrogens with zero attached hydrogens (tertiary/aromatic N) is 2. The topological polar surface area (TPSA) is 65.5 Å². The molecule has 0 unspecified atom stereocenters. The van der Waals surface area contributed by atoms with Crippen LogP contribution in [0, 0.1) is 0 Å². The van der Waals surface area contributed by atoms with Gasteiger partial charge < -0.3 is 15.3 Å². The number of nitrogens with one attached hydrogen (secondary N) is 1. The Morgan fingerprint density at radius 2 is 1.95 bits per heavy atom. The summed E-state index contributed by atoms with van der Waals surface area (Å²) in [4.78, 5) is 18.1. The number of pyridine rings is 1. The van der Waals surface area contributed by atoms with Gasteiger partial charge in [0.25, 0.3) is 0 Å². The molecule has 0 amide bonds. The van der Waals surface area contributed by atoms with Crippen molar-refractivity contribution in [2.45, 2.75) is 26.2 Å². The number of rotatable bonds is 2. The zero-order valence-corrected chi connectivity index (χ0v) is 11.7. The van der Waals surface area contributed by atoms with E-state index in [0.29, 0.717) is 11.3 Å². The number of aromatic carboxylic acids is 1. The van der Waals surface area contributed by atoms with E-state index >= 15 is 0 Å². The van der Waals surface area contributed by atoms with Crippen LogP contribution in [0.2, 0.25) is 0 Å². The Morgan fingerprint density at radius 1 is 1.32 bits per heavy atom. The third-order valence-electron chi connectivity index (χ3n) is 3.26. The van der Waals surface area contributed by atoms with Crippen LogP contribution < -0.4 is 10.2 Å². The molecule has 1 aromatic heterocycles. The Hall–Kier alpha value is -1.62. The van der Waals surface area contributed by atoms with Gasteiger partial charge in [0, 0.05) is 31.6 Å². The van der Waals surface area contributed by atoms with Gasteiger partial charge in [0.15, 0.2) is 0 Å². The summed E-state index contributed by atoms with van der Waals surface area (Å²) < 4.78 is 0. The van der Waals surface area contributed by atoms with Crippen molar-refractivity contribution in [2.24, 2.45) is 0 Å². The highest BCUT2D eigenvalue weighted by Gasteiger charge is 2.25. The van der Waals surface area contributed by atoms with E-state index in [1.54, 1.807) is 6.07 Å². The highest BCUT2D eigenvalue weighted by molar-refractivity contribution is 5.89. The van der Waals surface area contributed by atoms with E-state index in [4.69, 9.17) is 0 Å². The summed E-state index contributed by atoms with van der Waals surface area (Å²) in [5.74, 6) is -0.0410. The Balaban J connectivity index is 2.40. The lowest BCUT2D eigenvalue weighted by molar-refractivity contribution is 0.0693. The number of hydrogen-bond acceptors (Lipinski definition) is 4. The van der Waals surface area contributed by atoms with Gasteiger partial charge in [-0.1, -0.05) is 20.8 Å². The maximum absolute atomic E-state index is 11.3. The van der Waals surface area contributed by atoms with Crippen molar-refractivity contribution in [2.75, 3.05) is 31.1 Å². The average Bonchev–Trinajstić information content (AvgIpc) is 2.38. The van der Waals surface area contributed by atoms with Crippen LogP contribution in [-0.2, 0) is 5.41 Å².